The minimum atomic E-state index is -0.443. The fourth-order valence-corrected chi connectivity index (χ4v) is 1.39. The van der Waals surface area contributed by atoms with Crippen molar-refractivity contribution in [1.29, 1.82) is 0 Å². The van der Waals surface area contributed by atoms with Gasteiger partial charge in [0.2, 0.25) is 11.8 Å². The summed E-state index contributed by atoms with van der Waals surface area (Å²) in [4.78, 5) is 23.5. The molecule has 2 N–H and O–H groups in total. The van der Waals surface area contributed by atoms with E-state index in [0.29, 0.717) is 11.4 Å². The molecule has 0 atom stereocenters. The smallest absolute Gasteiger partial charge is 0.250 e. The molecule has 5 nitrogen and oxygen atoms in total. The second-order valence-electron chi connectivity index (χ2n) is 6.19. The summed E-state index contributed by atoms with van der Waals surface area (Å²) >= 11 is 0. The monoisotopic (exact) mass is 292 g/mol. The molecule has 0 radical (unpaired) electrons. The van der Waals surface area contributed by atoms with Gasteiger partial charge in [-0.2, -0.15) is 0 Å². The van der Waals surface area contributed by atoms with Crippen LogP contribution in [0.4, 0.5) is 11.4 Å². The summed E-state index contributed by atoms with van der Waals surface area (Å²) < 4.78 is 5.22. The van der Waals surface area contributed by atoms with Gasteiger partial charge in [0.15, 0.2) is 0 Å². The van der Waals surface area contributed by atoms with Gasteiger partial charge in [0.25, 0.3) is 0 Å². The molecule has 2 amide bonds. The Labute approximate surface area is 126 Å². The number of nitrogens with one attached hydrogen (secondary N) is 2. The lowest BCUT2D eigenvalue weighted by atomic mass is 9.95. The molecule has 0 aliphatic rings. The van der Waals surface area contributed by atoms with Crippen LogP contribution in [0.15, 0.2) is 24.3 Å². The van der Waals surface area contributed by atoms with Crippen molar-refractivity contribution in [3.63, 3.8) is 0 Å². The maximum Gasteiger partial charge on any atom is 0.250 e. The van der Waals surface area contributed by atoms with Crippen molar-refractivity contribution in [2.24, 2.45) is 5.41 Å². The van der Waals surface area contributed by atoms with Gasteiger partial charge in [0.1, 0.15) is 6.61 Å². The minimum absolute atomic E-state index is 0.0192. The molecule has 0 saturated carbocycles. The topological polar surface area (TPSA) is 67.4 Å². The Kier molecular flexibility index (Phi) is 5.90. The summed E-state index contributed by atoms with van der Waals surface area (Å²) in [7, 11) is 0. The Morgan fingerprint density at radius 1 is 1.05 bits per heavy atom. The maximum absolute atomic E-state index is 11.8. The summed E-state index contributed by atoms with van der Waals surface area (Å²) in [5, 5.41) is 5.56. The van der Waals surface area contributed by atoms with Crippen molar-refractivity contribution in [3.05, 3.63) is 24.3 Å². The fourth-order valence-electron chi connectivity index (χ4n) is 1.39. The van der Waals surface area contributed by atoms with Crippen molar-refractivity contribution in [2.45, 2.75) is 40.7 Å². The Bertz CT molecular complexity index is 487. The van der Waals surface area contributed by atoms with Crippen molar-refractivity contribution >= 4 is 23.2 Å². The zero-order valence-corrected chi connectivity index (χ0v) is 13.3. The average molecular weight is 292 g/mol. The van der Waals surface area contributed by atoms with E-state index in [4.69, 9.17) is 4.74 Å². The minimum Gasteiger partial charge on any atom is -0.369 e. The molecule has 0 aliphatic carbocycles. The molecule has 116 valence electrons. The SMILES string of the molecule is CC(C)OCC(=O)Nc1ccc(NC(=O)C(C)(C)C)cc1. The highest BCUT2D eigenvalue weighted by Gasteiger charge is 2.20. The molecule has 0 bridgehead atoms. The lowest BCUT2D eigenvalue weighted by Gasteiger charge is -2.17. The second kappa shape index (κ2) is 7.22. The third-order valence-corrected chi connectivity index (χ3v) is 2.66. The summed E-state index contributed by atoms with van der Waals surface area (Å²) in [5.74, 6) is -0.250. The van der Waals surface area contributed by atoms with Gasteiger partial charge in [-0.05, 0) is 38.1 Å². The molecule has 0 heterocycles. The molecule has 0 fully saturated rings. The molecule has 0 saturated heterocycles. The Balaban J connectivity index is 2.54. The standard InChI is InChI=1S/C16H24N2O3/c1-11(2)21-10-14(19)17-12-6-8-13(9-7-12)18-15(20)16(3,4)5/h6-9,11H,10H2,1-5H3,(H,17,19)(H,18,20). The van der Waals surface area contributed by atoms with E-state index in [-0.39, 0.29) is 24.5 Å². The highest BCUT2D eigenvalue weighted by molar-refractivity contribution is 5.95. The van der Waals surface area contributed by atoms with Gasteiger partial charge in [-0.3, -0.25) is 9.59 Å². The van der Waals surface area contributed by atoms with E-state index >= 15 is 0 Å². The molecule has 0 aliphatic heterocycles. The quantitative estimate of drug-likeness (QED) is 0.876. The van der Waals surface area contributed by atoms with Crippen LogP contribution in [0.2, 0.25) is 0 Å². The van der Waals surface area contributed by atoms with Gasteiger partial charge in [-0.25, -0.2) is 0 Å². The number of ether oxygens (including phenoxy) is 1. The molecule has 1 aromatic carbocycles. The first-order chi connectivity index (χ1) is 9.68. The predicted molar refractivity (Wildman–Crippen MR) is 84.2 cm³/mol. The first kappa shape index (κ1) is 17.2. The molecule has 0 aromatic heterocycles. The number of hydrogen-bond acceptors (Lipinski definition) is 3. The van der Waals surface area contributed by atoms with Gasteiger partial charge in [-0.15, -0.1) is 0 Å². The maximum atomic E-state index is 11.8. The highest BCUT2D eigenvalue weighted by atomic mass is 16.5. The van der Waals surface area contributed by atoms with Crippen molar-refractivity contribution in [3.8, 4) is 0 Å². The van der Waals surface area contributed by atoms with Crippen molar-refractivity contribution < 1.29 is 14.3 Å². The molecule has 21 heavy (non-hydrogen) atoms. The number of carbonyl (C=O) groups is 2. The zero-order valence-electron chi connectivity index (χ0n) is 13.3. The van der Waals surface area contributed by atoms with Gasteiger partial charge in [-0.1, -0.05) is 20.8 Å². The molecule has 1 rings (SSSR count). The Morgan fingerprint density at radius 3 is 1.95 bits per heavy atom. The van der Waals surface area contributed by atoms with Crippen LogP contribution in [0.1, 0.15) is 34.6 Å². The number of benzene rings is 1. The lowest BCUT2D eigenvalue weighted by Crippen LogP contribution is -2.27. The summed E-state index contributed by atoms with van der Waals surface area (Å²) in [6.45, 7) is 9.34. The van der Waals surface area contributed by atoms with Crippen LogP contribution >= 0.6 is 0 Å². The first-order valence-electron chi connectivity index (χ1n) is 7.01. The van der Waals surface area contributed by atoms with Crippen LogP contribution < -0.4 is 10.6 Å². The van der Waals surface area contributed by atoms with Crippen LogP contribution in [-0.4, -0.2) is 24.5 Å². The van der Waals surface area contributed by atoms with E-state index in [1.807, 2.05) is 34.6 Å². The number of carbonyl (C=O) groups excluding carboxylic acids is 2. The molecule has 1 aromatic rings. The van der Waals surface area contributed by atoms with Crippen LogP contribution in [0.25, 0.3) is 0 Å². The van der Waals surface area contributed by atoms with Crippen LogP contribution in [0, 0.1) is 5.41 Å². The first-order valence-corrected chi connectivity index (χ1v) is 7.01. The predicted octanol–water partition coefficient (Wildman–Crippen LogP) is 3.03. The molecule has 0 spiro atoms. The number of amides is 2. The van der Waals surface area contributed by atoms with Gasteiger partial charge < -0.3 is 15.4 Å². The number of anilines is 2. The number of rotatable bonds is 5. The van der Waals surface area contributed by atoms with Gasteiger partial charge in [0.05, 0.1) is 6.10 Å². The normalized spacial score (nSPS) is 11.3. The number of hydrogen-bond donors (Lipinski definition) is 2. The Morgan fingerprint density at radius 2 is 1.52 bits per heavy atom. The van der Waals surface area contributed by atoms with E-state index in [0.717, 1.165) is 0 Å². The third-order valence-electron chi connectivity index (χ3n) is 2.66. The van der Waals surface area contributed by atoms with Crippen LogP contribution in [-0.2, 0) is 14.3 Å². The second-order valence-corrected chi connectivity index (χ2v) is 6.19. The molecule has 0 unspecified atom stereocenters. The van der Waals surface area contributed by atoms with Crippen LogP contribution in [0.5, 0.6) is 0 Å². The van der Waals surface area contributed by atoms with E-state index < -0.39 is 5.41 Å². The summed E-state index contributed by atoms with van der Waals surface area (Å²) in [6.07, 6.45) is 0.0192. The van der Waals surface area contributed by atoms with Crippen molar-refractivity contribution in [1.82, 2.24) is 0 Å². The van der Waals surface area contributed by atoms with E-state index in [1.165, 1.54) is 0 Å². The molecular formula is C16H24N2O3. The lowest BCUT2D eigenvalue weighted by molar-refractivity contribution is -0.123. The third kappa shape index (κ3) is 6.40. The van der Waals surface area contributed by atoms with E-state index in [2.05, 4.69) is 10.6 Å². The van der Waals surface area contributed by atoms with E-state index in [9.17, 15) is 9.59 Å². The molecular weight excluding hydrogens is 268 g/mol. The van der Waals surface area contributed by atoms with Crippen LogP contribution in [0.3, 0.4) is 0 Å². The highest BCUT2D eigenvalue weighted by Crippen LogP contribution is 2.19. The summed E-state index contributed by atoms with van der Waals surface area (Å²) in [6, 6.07) is 6.99. The Hall–Kier alpha value is -1.88. The van der Waals surface area contributed by atoms with Gasteiger partial charge >= 0.3 is 0 Å². The molecule has 5 heteroatoms. The van der Waals surface area contributed by atoms with E-state index in [1.54, 1.807) is 24.3 Å². The summed E-state index contributed by atoms with van der Waals surface area (Å²) in [5.41, 5.74) is 0.925. The zero-order chi connectivity index (χ0) is 16.0. The fraction of sp³-hybridized carbons (Fsp3) is 0.500. The van der Waals surface area contributed by atoms with Crippen molar-refractivity contribution in [2.75, 3.05) is 17.2 Å². The largest absolute Gasteiger partial charge is 0.369 e. The average Bonchev–Trinajstić information content (AvgIpc) is 2.37. The van der Waals surface area contributed by atoms with Gasteiger partial charge in [0, 0.05) is 16.8 Å².